The van der Waals surface area contributed by atoms with Crippen molar-refractivity contribution < 1.29 is 14.7 Å². The van der Waals surface area contributed by atoms with Crippen LogP contribution in [-0.4, -0.2) is 34.6 Å². The van der Waals surface area contributed by atoms with Crippen molar-refractivity contribution in [1.82, 2.24) is 4.90 Å². The number of benzene rings is 1. The van der Waals surface area contributed by atoms with E-state index in [0.717, 1.165) is 6.42 Å². The molecule has 1 aliphatic rings. The average Bonchev–Trinajstić information content (AvgIpc) is 2.79. The lowest BCUT2D eigenvalue weighted by molar-refractivity contribution is -0.141. The highest BCUT2D eigenvalue weighted by Gasteiger charge is 2.33. The predicted molar refractivity (Wildman–Crippen MR) is 62.8 cm³/mol. The first-order chi connectivity index (χ1) is 8.18. The Hall–Kier alpha value is -2.04. The van der Waals surface area contributed by atoms with Crippen molar-refractivity contribution in [2.45, 2.75) is 18.9 Å². The molecule has 90 valence electrons. The fraction of sp³-hybridized carbons (Fsp3) is 0.333. The van der Waals surface area contributed by atoms with E-state index in [4.69, 9.17) is 5.11 Å². The number of carbonyl (C=O) groups excluding carboxylic acids is 1. The molecule has 5 nitrogen and oxygen atoms in total. The Morgan fingerprint density at radius 1 is 1.29 bits per heavy atom. The van der Waals surface area contributed by atoms with Gasteiger partial charge in [-0.15, -0.1) is 0 Å². The molecule has 0 unspecified atom stereocenters. The molecule has 0 bridgehead atoms. The number of para-hydroxylation sites is 1. The molecule has 1 heterocycles. The van der Waals surface area contributed by atoms with Crippen LogP contribution in [0.15, 0.2) is 30.3 Å². The molecule has 2 amide bonds. The number of carbonyl (C=O) groups is 2. The molecule has 0 radical (unpaired) electrons. The zero-order valence-corrected chi connectivity index (χ0v) is 9.30. The van der Waals surface area contributed by atoms with E-state index in [1.54, 1.807) is 12.1 Å². The van der Waals surface area contributed by atoms with Crippen molar-refractivity contribution in [1.29, 1.82) is 0 Å². The van der Waals surface area contributed by atoms with Gasteiger partial charge < -0.3 is 15.3 Å². The largest absolute Gasteiger partial charge is 0.480 e. The van der Waals surface area contributed by atoms with Crippen LogP contribution < -0.4 is 5.32 Å². The Kier molecular flexibility index (Phi) is 3.27. The van der Waals surface area contributed by atoms with Gasteiger partial charge in [0.25, 0.3) is 0 Å². The summed E-state index contributed by atoms with van der Waals surface area (Å²) in [6, 6.07) is 7.97. The summed E-state index contributed by atoms with van der Waals surface area (Å²) in [5.74, 6) is -0.939. The zero-order valence-electron chi connectivity index (χ0n) is 9.30. The monoisotopic (exact) mass is 234 g/mol. The smallest absolute Gasteiger partial charge is 0.326 e. The molecule has 1 atom stereocenters. The number of amides is 2. The number of carboxylic acid groups (broad SMARTS) is 1. The molecule has 5 heteroatoms. The Labute approximate surface area is 99.0 Å². The van der Waals surface area contributed by atoms with Gasteiger partial charge in [-0.1, -0.05) is 18.2 Å². The second-order valence-corrected chi connectivity index (χ2v) is 3.99. The highest BCUT2D eigenvalue weighted by atomic mass is 16.4. The molecule has 1 aliphatic heterocycles. The van der Waals surface area contributed by atoms with Crippen LogP contribution in [0.4, 0.5) is 10.5 Å². The van der Waals surface area contributed by atoms with Gasteiger partial charge >= 0.3 is 12.0 Å². The number of urea groups is 1. The molecule has 1 fully saturated rings. The lowest BCUT2D eigenvalue weighted by Crippen LogP contribution is -2.42. The molecular weight excluding hydrogens is 220 g/mol. The minimum atomic E-state index is -0.939. The topological polar surface area (TPSA) is 69.6 Å². The molecule has 0 spiro atoms. The van der Waals surface area contributed by atoms with E-state index < -0.39 is 12.0 Å². The van der Waals surface area contributed by atoms with Gasteiger partial charge in [-0.05, 0) is 25.0 Å². The van der Waals surface area contributed by atoms with Gasteiger partial charge in [0.1, 0.15) is 6.04 Å². The predicted octanol–water partition coefficient (Wildman–Crippen LogP) is 1.77. The SMILES string of the molecule is O=C(O)[C@H]1CCCN1C(=O)Nc1ccccc1. The third-order valence-electron chi connectivity index (χ3n) is 2.82. The first-order valence-electron chi connectivity index (χ1n) is 5.54. The summed E-state index contributed by atoms with van der Waals surface area (Å²) in [6.07, 6.45) is 1.26. The second-order valence-electron chi connectivity index (χ2n) is 3.99. The maximum Gasteiger partial charge on any atom is 0.326 e. The van der Waals surface area contributed by atoms with Gasteiger partial charge in [-0.25, -0.2) is 9.59 Å². The third-order valence-corrected chi connectivity index (χ3v) is 2.82. The van der Waals surface area contributed by atoms with E-state index in [1.807, 2.05) is 18.2 Å². The van der Waals surface area contributed by atoms with E-state index in [9.17, 15) is 9.59 Å². The number of likely N-dealkylation sites (tertiary alicyclic amines) is 1. The number of hydrogen-bond acceptors (Lipinski definition) is 2. The Morgan fingerprint density at radius 2 is 2.00 bits per heavy atom. The maximum atomic E-state index is 11.9. The third kappa shape index (κ3) is 2.55. The molecule has 2 N–H and O–H groups in total. The summed E-state index contributed by atoms with van der Waals surface area (Å²) in [4.78, 5) is 24.2. The van der Waals surface area contributed by atoms with Crippen molar-refractivity contribution in [3.63, 3.8) is 0 Å². The van der Waals surface area contributed by atoms with E-state index in [1.165, 1.54) is 4.90 Å². The molecule has 0 saturated carbocycles. The van der Waals surface area contributed by atoms with Crippen LogP contribution in [0.1, 0.15) is 12.8 Å². The van der Waals surface area contributed by atoms with Crippen LogP contribution in [0.3, 0.4) is 0 Å². The zero-order chi connectivity index (χ0) is 12.3. The first kappa shape index (κ1) is 11.4. The van der Waals surface area contributed by atoms with Crippen molar-refractivity contribution in [2.75, 3.05) is 11.9 Å². The summed E-state index contributed by atoms with van der Waals surface area (Å²) in [7, 11) is 0. The maximum absolute atomic E-state index is 11.9. The number of anilines is 1. The molecule has 2 rings (SSSR count). The van der Waals surface area contributed by atoms with E-state index >= 15 is 0 Å². The summed E-state index contributed by atoms with van der Waals surface area (Å²) in [5, 5.41) is 11.7. The van der Waals surface area contributed by atoms with Gasteiger partial charge in [-0.3, -0.25) is 0 Å². The van der Waals surface area contributed by atoms with Gasteiger partial charge in [0, 0.05) is 12.2 Å². The van der Waals surface area contributed by atoms with Crippen LogP contribution in [0.5, 0.6) is 0 Å². The number of aliphatic carboxylic acids is 1. The number of rotatable bonds is 2. The molecule has 1 aromatic rings. The second kappa shape index (κ2) is 4.86. The van der Waals surface area contributed by atoms with Crippen LogP contribution >= 0.6 is 0 Å². The summed E-state index contributed by atoms with van der Waals surface area (Å²) >= 11 is 0. The van der Waals surface area contributed by atoms with Crippen LogP contribution in [0, 0.1) is 0 Å². The number of carboxylic acids is 1. The summed E-state index contributed by atoms with van der Waals surface area (Å²) in [6.45, 7) is 0.496. The summed E-state index contributed by atoms with van der Waals surface area (Å²) in [5.41, 5.74) is 0.675. The van der Waals surface area contributed by atoms with Crippen molar-refractivity contribution in [3.8, 4) is 0 Å². The van der Waals surface area contributed by atoms with Gasteiger partial charge in [0.15, 0.2) is 0 Å². The Balaban J connectivity index is 2.03. The van der Waals surface area contributed by atoms with Gasteiger partial charge in [0.05, 0.1) is 0 Å². The molecule has 1 saturated heterocycles. The fourth-order valence-corrected chi connectivity index (χ4v) is 1.98. The molecule has 0 aromatic heterocycles. The van der Waals surface area contributed by atoms with Crippen LogP contribution in [0.2, 0.25) is 0 Å². The Bertz CT molecular complexity index is 419. The number of nitrogens with zero attached hydrogens (tertiary/aromatic N) is 1. The number of nitrogens with one attached hydrogen (secondary N) is 1. The summed E-state index contributed by atoms with van der Waals surface area (Å²) < 4.78 is 0. The van der Waals surface area contributed by atoms with Gasteiger partial charge in [-0.2, -0.15) is 0 Å². The normalized spacial score (nSPS) is 19.1. The van der Waals surface area contributed by atoms with Crippen molar-refractivity contribution in [2.24, 2.45) is 0 Å². The average molecular weight is 234 g/mol. The first-order valence-corrected chi connectivity index (χ1v) is 5.54. The molecule has 0 aliphatic carbocycles. The van der Waals surface area contributed by atoms with E-state index in [2.05, 4.69) is 5.32 Å². The van der Waals surface area contributed by atoms with Crippen molar-refractivity contribution in [3.05, 3.63) is 30.3 Å². The minimum absolute atomic E-state index is 0.346. The number of hydrogen-bond donors (Lipinski definition) is 2. The van der Waals surface area contributed by atoms with E-state index in [0.29, 0.717) is 18.7 Å². The van der Waals surface area contributed by atoms with Crippen LogP contribution in [0.25, 0.3) is 0 Å². The fourth-order valence-electron chi connectivity index (χ4n) is 1.98. The lowest BCUT2D eigenvalue weighted by atomic mass is 10.2. The highest BCUT2D eigenvalue weighted by Crippen LogP contribution is 2.18. The Morgan fingerprint density at radius 3 is 2.65 bits per heavy atom. The van der Waals surface area contributed by atoms with E-state index in [-0.39, 0.29) is 6.03 Å². The van der Waals surface area contributed by atoms with Crippen LogP contribution in [-0.2, 0) is 4.79 Å². The van der Waals surface area contributed by atoms with Crippen molar-refractivity contribution >= 4 is 17.7 Å². The minimum Gasteiger partial charge on any atom is -0.480 e. The van der Waals surface area contributed by atoms with Gasteiger partial charge in [0.2, 0.25) is 0 Å². The molecular formula is C12H14N2O3. The lowest BCUT2D eigenvalue weighted by Gasteiger charge is -2.21. The molecule has 1 aromatic carbocycles. The highest BCUT2D eigenvalue weighted by molar-refractivity contribution is 5.92. The standard InChI is InChI=1S/C12H14N2O3/c15-11(16)10-7-4-8-14(10)12(17)13-9-5-2-1-3-6-9/h1-3,5-6,10H,4,7-8H2,(H,13,17)(H,15,16)/t10-/m1/s1. The molecule has 17 heavy (non-hydrogen) atoms. The quantitative estimate of drug-likeness (QED) is 0.819.